The summed E-state index contributed by atoms with van der Waals surface area (Å²) < 4.78 is 17.5. The minimum Gasteiger partial charge on any atom is -0.497 e. The lowest BCUT2D eigenvalue weighted by Crippen LogP contribution is -2.22. The number of ether oxygens (including phenoxy) is 4. The van der Waals surface area contributed by atoms with Crippen LogP contribution in [0, 0.1) is 0 Å². The number of carbonyl (C=O) groups is 3. The van der Waals surface area contributed by atoms with E-state index in [1.807, 2.05) is 0 Å². The normalized spacial score (nSPS) is 10.7. The van der Waals surface area contributed by atoms with Crippen LogP contribution in [0.3, 0.4) is 0 Å². The Bertz CT molecular complexity index is 681. The molecule has 0 atom stereocenters. The monoisotopic (exact) mass is 438 g/mol. The van der Waals surface area contributed by atoms with E-state index in [-0.39, 0.29) is 12.2 Å². The van der Waals surface area contributed by atoms with Crippen molar-refractivity contribution in [2.24, 2.45) is 0 Å². The van der Waals surface area contributed by atoms with E-state index in [0.29, 0.717) is 5.75 Å². The molecule has 7 nitrogen and oxygen atoms in total. The van der Waals surface area contributed by atoms with Crippen molar-refractivity contribution in [1.29, 1.82) is 0 Å². The van der Waals surface area contributed by atoms with E-state index in [1.165, 1.54) is 0 Å². The van der Waals surface area contributed by atoms with Crippen molar-refractivity contribution in [2.75, 3.05) is 20.3 Å². The molecule has 27 heavy (non-hydrogen) atoms. The maximum Gasteiger partial charge on any atom is 0.344 e. The molecule has 1 aromatic carbocycles. The predicted molar refractivity (Wildman–Crippen MR) is 98.8 cm³/mol. The Morgan fingerprint density at radius 2 is 1.63 bits per heavy atom. The molecule has 0 aromatic heterocycles. The number of hydrogen-bond donors (Lipinski definition) is 0. The summed E-state index contributed by atoms with van der Waals surface area (Å²) in [7, 11) is 1.54. The Morgan fingerprint density at radius 3 is 2.19 bits per heavy atom. The van der Waals surface area contributed by atoms with E-state index in [0.717, 1.165) is 5.56 Å². The van der Waals surface area contributed by atoms with Crippen molar-refractivity contribution in [3.8, 4) is 5.75 Å². The number of hydrogen-bond acceptors (Lipinski definition) is 7. The number of halogens is 3. The number of alkyl halides is 3. The molecular weight excluding hydrogens is 423 g/mol. The molecule has 0 radical (unpaired) electrons. The van der Waals surface area contributed by atoms with Crippen LogP contribution >= 0.6 is 34.8 Å². The van der Waals surface area contributed by atoms with Gasteiger partial charge in [-0.1, -0.05) is 53.5 Å². The van der Waals surface area contributed by atoms with E-state index < -0.39 is 41.3 Å². The van der Waals surface area contributed by atoms with Crippen LogP contribution in [0.1, 0.15) is 12.0 Å². The first-order valence-electron chi connectivity index (χ1n) is 7.46. The first kappa shape index (κ1) is 23.1. The quantitative estimate of drug-likeness (QED) is 0.253. The molecule has 0 fully saturated rings. The molecule has 0 N–H and O–H groups in total. The highest BCUT2D eigenvalue weighted by Gasteiger charge is 2.23. The first-order chi connectivity index (χ1) is 12.6. The molecule has 0 heterocycles. The van der Waals surface area contributed by atoms with Gasteiger partial charge in [-0.25, -0.2) is 9.59 Å². The Hall–Kier alpha value is -1.96. The zero-order valence-electron chi connectivity index (χ0n) is 14.3. The summed E-state index contributed by atoms with van der Waals surface area (Å²) >= 11 is 16.2. The molecule has 0 saturated carbocycles. The first-order valence-corrected chi connectivity index (χ1v) is 8.60. The van der Waals surface area contributed by atoms with Crippen LogP contribution in [0.4, 0.5) is 0 Å². The molecule has 0 saturated heterocycles. The second-order valence-electron chi connectivity index (χ2n) is 5.14. The van der Waals surface area contributed by atoms with Crippen molar-refractivity contribution in [3.05, 3.63) is 42.0 Å². The van der Waals surface area contributed by atoms with Gasteiger partial charge in [-0.05, 0) is 17.7 Å². The highest BCUT2D eigenvalue weighted by molar-refractivity contribution is 6.67. The molecule has 0 amide bonds. The van der Waals surface area contributed by atoms with Crippen LogP contribution < -0.4 is 4.74 Å². The average Bonchev–Trinajstić information content (AvgIpc) is 2.62. The van der Waals surface area contributed by atoms with Crippen molar-refractivity contribution in [2.45, 2.75) is 16.8 Å². The van der Waals surface area contributed by atoms with Crippen molar-refractivity contribution < 1.29 is 33.3 Å². The van der Waals surface area contributed by atoms with Gasteiger partial charge in [-0.3, -0.25) is 4.79 Å². The third kappa shape index (κ3) is 10.1. The Morgan fingerprint density at radius 1 is 1.00 bits per heavy atom. The lowest BCUT2D eigenvalue weighted by atomic mass is 10.2. The van der Waals surface area contributed by atoms with Crippen LogP contribution in [-0.2, 0) is 35.2 Å². The third-order valence-electron chi connectivity index (χ3n) is 2.92. The summed E-state index contributed by atoms with van der Waals surface area (Å²) in [4.78, 5) is 34.8. The zero-order chi connectivity index (χ0) is 20.4. The summed E-state index contributed by atoms with van der Waals surface area (Å²) in [5, 5.41) is 0. The fourth-order valence-electron chi connectivity index (χ4n) is 1.61. The second kappa shape index (κ2) is 11.0. The smallest absolute Gasteiger partial charge is 0.344 e. The van der Waals surface area contributed by atoms with E-state index in [1.54, 1.807) is 31.4 Å². The molecule has 10 heteroatoms. The second-order valence-corrected chi connectivity index (χ2v) is 7.66. The minimum atomic E-state index is -1.77. The van der Waals surface area contributed by atoms with E-state index in [2.05, 4.69) is 16.1 Å². The Balaban J connectivity index is 2.31. The summed E-state index contributed by atoms with van der Waals surface area (Å²) in [5.74, 6) is -1.85. The average molecular weight is 440 g/mol. The molecule has 0 aliphatic carbocycles. The molecule has 0 aliphatic rings. The van der Waals surface area contributed by atoms with Crippen LogP contribution in [0.25, 0.3) is 0 Å². The standard InChI is InChI=1S/C17H17Cl3O7/c1-11(16(23)26-9-15(22)27-10-17(18,19)20)7-14(21)25-8-12-3-5-13(24-2)6-4-12/h3-6H,1,7-10H2,2H3. The summed E-state index contributed by atoms with van der Waals surface area (Å²) in [6.07, 6.45) is -0.391. The van der Waals surface area contributed by atoms with E-state index in [9.17, 15) is 14.4 Å². The molecule has 0 aliphatic heterocycles. The molecular formula is C17H17Cl3O7. The summed E-state index contributed by atoms with van der Waals surface area (Å²) in [6, 6.07) is 6.92. The Labute approximate surface area is 171 Å². The van der Waals surface area contributed by atoms with Crippen molar-refractivity contribution in [1.82, 2.24) is 0 Å². The van der Waals surface area contributed by atoms with Gasteiger partial charge in [0.25, 0.3) is 0 Å². The summed E-state index contributed by atoms with van der Waals surface area (Å²) in [6.45, 7) is 2.25. The molecule has 0 unspecified atom stereocenters. The molecule has 148 valence electrons. The molecule has 0 bridgehead atoms. The van der Waals surface area contributed by atoms with E-state index >= 15 is 0 Å². The van der Waals surface area contributed by atoms with Gasteiger partial charge in [0.15, 0.2) is 6.61 Å². The lowest BCUT2D eigenvalue weighted by molar-refractivity contribution is -0.157. The van der Waals surface area contributed by atoms with Crippen LogP contribution in [0.5, 0.6) is 5.75 Å². The van der Waals surface area contributed by atoms with Crippen molar-refractivity contribution in [3.63, 3.8) is 0 Å². The number of rotatable bonds is 9. The maximum atomic E-state index is 11.8. The lowest BCUT2D eigenvalue weighted by Gasteiger charge is -2.11. The third-order valence-corrected chi connectivity index (χ3v) is 3.25. The molecule has 1 rings (SSSR count). The van der Waals surface area contributed by atoms with Gasteiger partial charge in [0.05, 0.1) is 13.5 Å². The van der Waals surface area contributed by atoms with Gasteiger partial charge in [0.2, 0.25) is 3.79 Å². The largest absolute Gasteiger partial charge is 0.497 e. The topological polar surface area (TPSA) is 88.1 Å². The number of benzene rings is 1. The SMILES string of the molecule is C=C(CC(=O)OCc1ccc(OC)cc1)C(=O)OCC(=O)OCC(Cl)(Cl)Cl. The number of carbonyl (C=O) groups excluding carboxylic acids is 3. The van der Waals surface area contributed by atoms with Gasteiger partial charge >= 0.3 is 17.9 Å². The van der Waals surface area contributed by atoms with Gasteiger partial charge in [0.1, 0.15) is 19.0 Å². The van der Waals surface area contributed by atoms with Gasteiger partial charge in [0, 0.05) is 5.57 Å². The fourth-order valence-corrected chi connectivity index (χ4v) is 1.78. The molecule has 1 aromatic rings. The highest BCUT2D eigenvalue weighted by atomic mass is 35.6. The van der Waals surface area contributed by atoms with Crippen LogP contribution in [-0.4, -0.2) is 42.0 Å². The number of esters is 3. The zero-order valence-corrected chi connectivity index (χ0v) is 16.6. The van der Waals surface area contributed by atoms with Gasteiger partial charge in [-0.2, -0.15) is 0 Å². The van der Waals surface area contributed by atoms with Crippen molar-refractivity contribution >= 4 is 52.7 Å². The van der Waals surface area contributed by atoms with Crippen LogP contribution in [0.15, 0.2) is 36.4 Å². The fraction of sp³-hybridized carbons (Fsp3) is 0.353. The minimum absolute atomic E-state index is 0.0223. The predicted octanol–water partition coefficient (Wildman–Crippen LogP) is 3.14. The van der Waals surface area contributed by atoms with E-state index in [4.69, 9.17) is 44.3 Å². The van der Waals surface area contributed by atoms with Gasteiger partial charge in [-0.15, -0.1) is 0 Å². The highest BCUT2D eigenvalue weighted by Crippen LogP contribution is 2.25. The van der Waals surface area contributed by atoms with Gasteiger partial charge < -0.3 is 18.9 Å². The maximum absolute atomic E-state index is 11.8. The van der Waals surface area contributed by atoms with Crippen LogP contribution in [0.2, 0.25) is 0 Å². The number of methoxy groups -OCH3 is 1. The molecule has 0 spiro atoms. The summed E-state index contributed by atoms with van der Waals surface area (Å²) in [5.41, 5.74) is 0.568. The Kier molecular flexibility index (Phi) is 9.41.